The Bertz CT molecular complexity index is 578. The Morgan fingerprint density at radius 3 is 2.37 bits per heavy atom. The number of nitrogens with one attached hydrogen (secondary N) is 1. The van der Waals surface area contributed by atoms with E-state index in [4.69, 9.17) is 5.73 Å². The molecule has 1 fully saturated rings. The monoisotopic (exact) mass is 346 g/mol. The number of sulfone groups is 1. The summed E-state index contributed by atoms with van der Waals surface area (Å²) in [6, 6.07) is 4.03. The topological polar surface area (TPSA) is 72.2 Å². The van der Waals surface area contributed by atoms with Crippen molar-refractivity contribution < 1.29 is 8.42 Å². The Labute approximate surface area is 122 Å². The number of benzene rings is 1. The van der Waals surface area contributed by atoms with E-state index in [2.05, 4.69) is 21.2 Å². The molecule has 0 bridgehead atoms. The van der Waals surface area contributed by atoms with E-state index in [1.54, 1.807) is 0 Å². The summed E-state index contributed by atoms with van der Waals surface area (Å²) in [4.78, 5) is 0. The highest BCUT2D eigenvalue weighted by Gasteiger charge is 2.41. The van der Waals surface area contributed by atoms with Crippen LogP contribution in [0.2, 0.25) is 0 Å². The SMILES string of the molecule is Cc1cc(NC2(CN)CCS(=O)(=O)C2)cc(C)c1Br. The summed E-state index contributed by atoms with van der Waals surface area (Å²) >= 11 is 3.53. The van der Waals surface area contributed by atoms with Crippen molar-refractivity contribution in [2.75, 3.05) is 23.4 Å². The minimum atomic E-state index is -2.97. The number of anilines is 1. The predicted molar refractivity (Wildman–Crippen MR) is 82.3 cm³/mol. The zero-order valence-electron chi connectivity index (χ0n) is 11.2. The highest BCUT2D eigenvalue weighted by Crippen LogP contribution is 2.30. The second-order valence-corrected chi connectivity index (χ2v) is 8.35. The molecular formula is C13H19BrN2O2S. The summed E-state index contributed by atoms with van der Waals surface area (Å²) in [5.41, 5.74) is 8.46. The lowest BCUT2D eigenvalue weighted by Gasteiger charge is -2.29. The molecule has 1 aliphatic heterocycles. The third kappa shape index (κ3) is 3.12. The van der Waals surface area contributed by atoms with Crippen LogP contribution in [-0.2, 0) is 9.84 Å². The lowest BCUT2D eigenvalue weighted by Crippen LogP contribution is -2.46. The molecule has 0 radical (unpaired) electrons. The van der Waals surface area contributed by atoms with E-state index < -0.39 is 15.4 Å². The van der Waals surface area contributed by atoms with Gasteiger partial charge in [-0.2, -0.15) is 0 Å². The van der Waals surface area contributed by atoms with Crippen LogP contribution in [0.3, 0.4) is 0 Å². The summed E-state index contributed by atoms with van der Waals surface area (Å²) in [6.07, 6.45) is 0.569. The van der Waals surface area contributed by atoms with E-state index in [0.29, 0.717) is 13.0 Å². The van der Waals surface area contributed by atoms with E-state index in [0.717, 1.165) is 21.3 Å². The van der Waals surface area contributed by atoms with Crippen molar-refractivity contribution in [3.8, 4) is 0 Å². The van der Waals surface area contributed by atoms with Crippen LogP contribution in [0, 0.1) is 13.8 Å². The van der Waals surface area contributed by atoms with E-state index in [9.17, 15) is 8.42 Å². The molecule has 1 unspecified atom stereocenters. The quantitative estimate of drug-likeness (QED) is 0.877. The fourth-order valence-electron chi connectivity index (χ4n) is 2.55. The Kier molecular flexibility index (Phi) is 3.95. The molecular weight excluding hydrogens is 328 g/mol. The Morgan fingerprint density at radius 2 is 1.95 bits per heavy atom. The first-order valence-electron chi connectivity index (χ1n) is 6.22. The first-order chi connectivity index (χ1) is 8.77. The molecule has 1 aliphatic rings. The average molecular weight is 347 g/mol. The van der Waals surface area contributed by atoms with Gasteiger partial charge in [-0.3, -0.25) is 0 Å². The summed E-state index contributed by atoms with van der Waals surface area (Å²) in [7, 11) is -2.97. The number of halogens is 1. The first kappa shape index (κ1) is 14.8. The second-order valence-electron chi connectivity index (χ2n) is 5.38. The zero-order valence-corrected chi connectivity index (χ0v) is 13.6. The molecule has 1 atom stereocenters. The normalized spacial score (nSPS) is 25.5. The maximum absolute atomic E-state index is 11.7. The van der Waals surface area contributed by atoms with Gasteiger partial charge < -0.3 is 11.1 Å². The van der Waals surface area contributed by atoms with Crippen LogP contribution in [0.5, 0.6) is 0 Å². The van der Waals surface area contributed by atoms with Gasteiger partial charge in [0, 0.05) is 16.7 Å². The number of hydrogen-bond acceptors (Lipinski definition) is 4. The van der Waals surface area contributed by atoms with Gasteiger partial charge in [0.1, 0.15) is 0 Å². The van der Waals surface area contributed by atoms with Crippen LogP contribution in [-0.4, -0.2) is 32.0 Å². The van der Waals surface area contributed by atoms with E-state index in [1.807, 2.05) is 26.0 Å². The molecule has 106 valence electrons. The molecule has 2 rings (SSSR count). The highest BCUT2D eigenvalue weighted by molar-refractivity contribution is 9.10. The van der Waals surface area contributed by atoms with Crippen LogP contribution in [0.4, 0.5) is 5.69 Å². The van der Waals surface area contributed by atoms with Gasteiger partial charge in [0.05, 0.1) is 17.0 Å². The van der Waals surface area contributed by atoms with Crippen molar-refractivity contribution >= 4 is 31.5 Å². The molecule has 0 aromatic heterocycles. The number of hydrogen-bond donors (Lipinski definition) is 2. The fourth-order valence-corrected chi connectivity index (χ4v) is 4.80. The third-order valence-electron chi connectivity index (χ3n) is 3.62. The molecule has 0 aliphatic carbocycles. The first-order valence-corrected chi connectivity index (χ1v) is 8.84. The van der Waals surface area contributed by atoms with Gasteiger partial charge in [0.25, 0.3) is 0 Å². The molecule has 1 aromatic carbocycles. The largest absolute Gasteiger partial charge is 0.377 e. The molecule has 3 N–H and O–H groups in total. The van der Waals surface area contributed by atoms with Gasteiger partial charge in [0.2, 0.25) is 0 Å². The van der Waals surface area contributed by atoms with E-state index in [1.165, 1.54) is 0 Å². The van der Waals surface area contributed by atoms with Crippen molar-refractivity contribution in [2.24, 2.45) is 5.73 Å². The third-order valence-corrected chi connectivity index (χ3v) is 6.69. The fraction of sp³-hybridized carbons (Fsp3) is 0.538. The van der Waals surface area contributed by atoms with E-state index >= 15 is 0 Å². The molecule has 4 nitrogen and oxygen atoms in total. The maximum Gasteiger partial charge on any atom is 0.152 e. The van der Waals surface area contributed by atoms with Crippen LogP contribution < -0.4 is 11.1 Å². The average Bonchev–Trinajstić information content (AvgIpc) is 2.62. The molecule has 1 saturated heterocycles. The molecule has 0 amide bonds. The molecule has 19 heavy (non-hydrogen) atoms. The van der Waals surface area contributed by atoms with Crippen molar-refractivity contribution in [3.63, 3.8) is 0 Å². The van der Waals surface area contributed by atoms with Gasteiger partial charge in [0.15, 0.2) is 9.84 Å². The maximum atomic E-state index is 11.7. The van der Waals surface area contributed by atoms with Crippen molar-refractivity contribution in [2.45, 2.75) is 25.8 Å². The minimum Gasteiger partial charge on any atom is -0.377 e. The highest BCUT2D eigenvalue weighted by atomic mass is 79.9. The van der Waals surface area contributed by atoms with Gasteiger partial charge in [-0.25, -0.2) is 8.42 Å². The summed E-state index contributed by atoms with van der Waals surface area (Å²) in [6.45, 7) is 4.35. The lowest BCUT2D eigenvalue weighted by molar-refractivity contribution is 0.534. The molecule has 6 heteroatoms. The van der Waals surface area contributed by atoms with Crippen LogP contribution >= 0.6 is 15.9 Å². The molecule has 1 aromatic rings. The van der Waals surface area contributed by atoms with Crippen molar-refractivity contribution in [3.05, 3.63) is 27.7 Å². The zero-order chi connectivity index (χ0) is 14.3. The van der Waals surface area contributed by atoms with Crippen LogP contribution in [0.25, 0.3) is 0 Å². The standard InChI is InChI=1S/C13H19BrN2O2S/c1-9-5-11(6-10(2)12(9)14)16-13(7-15)3-4-19(17,18)8-13/h5-6,16H,3-4,7-8,15H2,1-2H3. The predicted octanol–water partition coefficient (Wildman–Crippen LogP) is 1.99. The Morgan fingerprint density at radius 1 is 1.37 bits per heavy atom. The molecule has 0 saturated carbocycles. The Balaban J connectivity index is 2.30. The molecule has 0 spiro atoms. The van der Waals surface area contributed by atoms with Crippen LogP contribution in [0.15, 0.2) is 16.6 Å². The van der Waals surface area contributed by atoms with Crippen molar-refractivity contribution in [1.82, 2.24) is 0 Å². The Hall–Kier alpha value is -0.590. The smallest absolute Gasteiger partial charge is 0.152 e. The van der Waals surface area contributed by atoms with Crippen molar-refractivity contribution in [1.29, 1.82) is 0 Å². The van der Waals surface area contributed by atoms with E-state index in [-0.39, 0.29) is 11.5 Å². The second kappa shape index (κ2) is 5.07. The number of nitrogens with two attached hydrogens (primary N) is 1. The van der Waals surface area contributed by atoms with Gasteiger partial charge >= 0.3 is 0 Å². The minimum absolute atomic E-state index is 0.116. The van der Waals surface area contributed by atoms with Gasteiger partial charge in [-0.15, -0.1) is 0 Å². The van der Waals surface area contributed by atoms with Gasteiger partial charge in [-0.1, -0.05) is 15.9 Å². The number of rotatable bonds is 3. The van der Waals surface area contributed by atoms with Gasteiger partial charge in [-0.05, 0) is 43.5 Å². The number of aryl methyl sites for hydroxylation is 2. The van der Waals surface area contributed by atoms with Crippen LogP contribution in [0.1, 0.15) is 17.5 Å². The lowest BCUT2D eigenvalue weighted by atomic mass is 9.98. The summed E-state index contributed by atoms with van der Waals surface area (Å²) in [5.74, 6) is 0.330. The molecule has 1 heterocycles. The summed E-state index contributed by atoms with van der Waals surface area (Å²) < 4.78 is 24.4. The summed E-state index contributed by atoms with van der Waals surface area (Å²) in [5, 5.41) is 3.34.